The smallest absolute Gasteiger partial charge is 0.307 e. The van der Waals surface area contributed by atoms with Crippen molar-refractivity contribution in [2.24, 2.45) is 0 Å². The van der Waals surface area contributed by atoms with Crippen molar-refractivity contribution in [1.29, 1.82) is 0 Å². The second kappa shape index (κ2) is 7.63. The maximum atomic E-state index is 12.2. The Balaban J connectivity index is 1.67. The van der Waals surface area contributed by atoms with Gasteiger partial charge in [0, 0.05) is 16.6 Å². The van der Waals surface area contributed by atoms with Crippen LogP contribution < -0.4 is 10.6 Å². The van der Waals surface area contributed by atoms with Crippen molar-refractivity contribution in [3.63, 3.8) is 0 Å². The Bertz CT molecular complexity index is 882. The molecule has 0 aliphatic heterocycles. The van der Waals surface area contributed by atoms with E-state index in [-0.39, 0.29) is 11.9 Å². The summed E-state index contributed by atoms with van der Waals surface area (Å²) in [6.07, 6.45) is 0. The van der Waals surface area contributed by atoms with E-state index in [9.17, 15) is 4.79 Å². The number of carbonyl (C=O) groups excluding carboxylic acids is 1. The van der Waals surface area contributed by atoms with Gasteiger partial charge in [0.2, 0.25) is 5.13 Å². The van der Waals surface area contributed by atoms with E-state index in [0.717, 1.165) is 16.1 Å². The number of anilines is 2. The van der Waals surface area contributed by atoms with Crippen LogP contribution in [0.25, 0.3) is 0 Å². The summed E-state index contributed by atoms with van der Waals surface area (Å²) >= 11 is 7.42. The summed E-state index contributed by atoms with van der Waals surface area (Å²) in [4.78, 5) is 12.2. The number of nitrogens with zero attached hydrogens (tertiary/aromatic N) is 2. The average Bonchev–Trinajstić information content (AvgIpc) is 3.07. The van der Waals surface area contributed by atoms with Crippen molar-refractivity contribution in [1.82, 2.24) is 10.2 Å². The number of halogens is 1. The molecule has 0 saturated heterocycles. The minimum atomic E-state index is -0.375. The molecule has 2 N–H and O–H groups in total. The van der Waals surface area contributed by atoms with Gasteiger partial charge in [-0.25, -0.2) is 4.79 Å². The highest BCUT2D eigenvalue weighted by atomic mass is 35.5. The first-order chi connectivity index (χ1) is 12.0. The number of hydrogen-bond acceptors (Lipinski definition) is 4. The molecule has 0 aliphatic carbocycles. The second-order valence-corrected chi connectivity index (χ2v) is 6.99. The number of aromatic nitrogens is 2. The predicted molar refractivity (Wildman–Crippen MR) is 103 cm³/mol. The highest BCUT2D eigenvalue weighted by molar-refractivity contribution is 7.15. The Labute approximate surface area is 155 Å². The van der Waals surface area contributed by atoms with Crippen LogP contribution in [-0.2, 0) is 0 Å². The molecule has 0 radical (unpaired) electrons. The molecular weight excluding hydrogens is 356 g/mol. The minimum Gasteiger partial charge on any atom is -0.307 e. The van der Waals surface area contributed by atoms with E-state index in [0.29, 0.717) is 15.8 Å². The molecule has 3 aromatic rings. The lowest BCUT2D eigenvalue weighted by Gasteiger charge is -2.09. The van der Waals surface area contributed by atoms with Crippen LogP contribution in [-0.4, -0.2) is 16.2 Å². The van der Waals surface area contributed by atoms with Gasteiger partial charge in [-0.1, -0.05) is 66.3 Å². The fourth-order valence-electron chi connectivity index (χ4n) is 2.34. The molecule has 5 nitrogen and oxygen atoms in total. The molecule has 0 spiro atoms. The van der Waals surface area contributed by atoms with Gasteiger partial charge >= 0.3 is 6.03 Å². The molecule has 128 valence electrons. The summed E-state index contributed by atoms with van der Waals surface area (Å²) in [7, 11) is 0. The first-order valence-corrected chi connectivity index (χ1v) is 8.95. The number of rotatable bonds is 4. The lowest BCUT2D eigenvalue weighted by molar-refractivity contribution is 0.262. The zero-order valence-corrected chi connectivity index (χ0v) is 15.4. The number of urea groups is 1. The van der Waals surface area contributed by atoms with Crippen molar-refractivity contribution in [3.05, 3.63) is 69.7 Å². The van der Waals surface area contributed by atoms with Gasteiger partial charge in [0.05, 0.1) is 0 Å². The fraction of sp³-hybridized carbons (Fsp3) is 0.167. The molecule has 25 heavy (non-hydrogen) atoms. The molecule has 1 atom stereocenters. The van der Waals surface area contributed by atoms with E-state index >= 15 is 0 Å². The van der Waals surface area contributed by atoms with Crippen LogP contribution in [0.1, 0.15) is 29.0 Å². The molecule has 1 heterocycles. The van der Waals surface area contributed by atoms with Crippen LogP contribution in [0.5, 0.6) is 0 Å². The van der Waals surface area contributed by atoms with E-state index in [1.54, 1.807) is 18.2 Å². The number of benzene rings is 2. The van der Waals surface area contributed by atoms with E-state index in [1.165, 1.54) is 11.3 Å². The van der Waals surface area contributed by atoms with Crippen molar-refractivity contribution in [3.8, 4) is 0 Å². The average molecular weight is 373 g/mol. The normalized spacial score (nSPS) is 11.8. The SMILES string of the molecule is Cc1c(Cl)cccc1NC(=O)Nc1nnc(C(C)c2ccccc2)s1. The number of nitrogens with one attached hydrogen (secondary N) is 2. The zero-order chi connectivity index (χ0) is 17.8. The quantitative estimate of drug-likeness (QED) is 0.653. The third-order valence-electron chi connectivity index (χ3n) is 3.85. The largest absolute Gasteiger partial charge is 0.325 e. The van der Waals surface area contributed by atoms with Crippen LogP contribution in [0, 0.1) is 6.92 Å². The molecule has 2 aromatic carbocycles. The van der Waals surface area contributed by atoms with Gasteiger partial charge in [-0.2, -0.15) is 0 Å². The zero-order valence-electron chi connectivity index (χ0n) is 13.8. The van der Waals surface area contributed by atoms with Crippen LogP contribution >= 0.6 is 22.9 Å². The van der Waals surface area contributed by atoms with Crippen molar-refractivity contribution in [2.75, 3.05) is 10.6 Å². The molecular formula is C18H17ClN4OS. The summed E-state index contributed by atoms with van der Waals surface area (Å²) in [6, 6.07) is 15.0. The summed E-state index contributed by atoms with van der Waals surface area (Å²) in [5, 5.41) is 15.6. The summed E-state index contributed by atoms with van der Waals surface area (Å²) < 4.78 is 0. The molecule has 0 aliphatic rings. The van der Waals surface area contributed by atoms with E-state index in [1.807, 2.05) is 37.3 Å². The lowest BCUT2D eigenvalue weighted by Crippen LogP contribution is -2.19. The molecule has 0 bridgehead atoms. The van der Waals surface area contributed by atoms with Gasteiger partial charge in [-0.15, -0.1) is 10.2 Å². The molecule has 3 rings (SSSR count). The van der Waals surface area contributed by atoms with Crippen LogP contribution in [0.3, 0.4) is 0 Å². The van der Waals surface area contributed by atoms with Crippen molar-refractivity contribution >= 4 is 39.8 Å². The number of hydrogen-bond donors (Lipinski definition) is 2. The first kappa shape index (κ1) is 17.4. The molecule has 7 heteroatoms. The van der Waals surface area contributed by atoms with Gasteiger partial charge in [-0.3, -0.25) is 5.32 Å². The molecule has 2 amide bonds. The molecule has 1 aromatic heterocycles. The number of carbonyl (C=O) groups is 1. The highest BCUT2D eigenvalue weighted by Crippen LogP contribution is 2.29. The maximum Gasteiger partial charge on any atom is 0.325 e. The Hall–Kier alpha value is -2.44. The Morgan fingerprint density at radius 3 is 2.60 bits per heavy atom. The van der Waals surface area contributed by atoms with Gasteiger partial charge in [0.25, 0.3) is 0 Å². The fourth-order valence-corrected chi connectivity index (χ4v) is 3.33. The van der Waals surface area contributed by atoms with E-state index < -0.39 is 0 Å². The topological polar surface area (TPSA) is 66.9 Å². The third-order valence-corrected chi connectivity index (χ3v) is 5.28. The first-order valence-electron chi connectivity index (χ1n) is 7.76. The lowest BCUT2D eigenvalue weighted by atomic mass is 10.0. The van der Waals surface area contributed by atoms with E-state index in [2.05, 4.69) is 27.8 Å². The van der Waals surface area contributed by atoms with Crippen molar-refractivity contribution in [2.45, 2.75) is 19.8 Å². The minimum absolute atomic E-state index is 0.118. The van der Waals surface area contributed by atoms with Gasteiger partial charge in [0.1, 0.15) is 5.01 Å². The van der Waals surface area contributed by atoms with Crippen LogP contribution in [0.4, 0.5) is 15.6 Å². The summed E-state index contributed by atoms with van der Waals surface area (Å²) in [5.41, 5.74) is 2.63. The van der Waals surface area contributed by atoms with Gasteiger partial charge in [-0.05, 0) is 30.2 Å². The Morgan fingerprint density at radius 2 is 1.84 bits per heavy atom. The van der Waals surface area contributed by atoms with E-state index in [4.69, 9.17) is 11.6 Å². The van der Waals surface area contributed by atoms with Gasteiger partial charge in [0.15, 0.2) is 0 Å². The monoisotopic (exact) mass is 372 g/mol. The summed E-state index contributed by atoms with van der Waals surface area (Å²) in [5.74, 6) is 0.118. The third kappa shape index (κ3) is 4.15. The van der Waals surface area contributed by atoms with Gasteiger partial charge < -0.3 is 5.32 Å². The standard InChI is InChI=1S/C18H17ClN4OS/c1-11(13-7-4-3-5-8-13)16-22-23-18(25-16)21-17(24)20-15-10-6-9-14(19)12(15)2/h3-11H,1-2H3,(H2,20,21,23,24). The Kier molecular flexibility index (Phi) is 5.31. The maximum absolute atomic E-state index is 12.2. The van der Waals surface area contributed by atoms with Crippen LogP contribution in [0.15, 0.2) is 48.5 Å². The number of amides is 2. The Morgan fingerprint density at radius 1 is 1.08 bits per heavy atom. The summed E-state index contributed by atoms with van der Waals surface area (Å²) in [6.45, 7) is 3.91. The van der Waals surface area contributed by atoms with Crippen LogP contribution in [0.2, 0.25) is 5.02 Å². The molecule has 1 unspecified atom stereocenters. The highest BCUT2D eigenvalue weighted by Gasteiger charge is 2.15. The van der Waals surface area contributed by atoms with Crippen molar-refractivity contribution < 1.29 is 4.79 Å². The molecule has 0 fully saturated rings. The predicted octanol–water partition coefficient (Wildman–Crippen LogP) is 5.30. The second-order valence-electron chi connectivity index (χ2n) is 5.57. The molecule has 0 saturated carbocycles.